The molecule has 0 N–H and O–H groups in total. The molecule has 3 atom stereocenters. The van der Waals surface area contributed by atoms with E-state index >= 15 is 0 Å². The fraction of sp³-hybridized carbons (Fsp3) is 0.562. The summed E-state index contributed by atoms with van der Waals surface area (Å²) >= 11 is 0. The van der Waals surface area contributed by atoms with E-state index in [1.807, 2.05) is 24.4 Å². The SMILES string of the molecule is C=CCO[C@H]1CC[C@H]2[C@H]1OCCN2Cc1ccccn1. The van der Waals surface area contributed by atoms with Crippen LogP contribution in [-0.4, -0.2) is 47.9 Å². The van der Waals surface area contributed by atoms with Gasteiger partial charge in [0.1, 0.15) is 0 Å². The van der Waals surface area contributed by atoms with Crippen molar-refractivity contribution in [1.82, 2.24) is 9.88 Å². The zero-order valence-corrected chi connectivity index (χ0v) is 11.8. The standard InChI is InChI=1S/C16H22N2O2/c1-2-10-19-15-7-6-14-16(15)20-11-9-18(14)12-13-5-3-4-8-17-13/h2-5,8,14-16H,1,6-7,9-12H2/t14-,15-,16+/m0/s1. The number of nitrogens with zero attached hydrogens (tertiary/aromatic N) is 2. The molecule has 2 fully saturated rings. The molecule has 4 nitrogen and oxygen atoms in total. The van der Waals surface area contributed by atoms with Crippen molar-refractivity contribution in [1.29, 1.82) is 0 Å². The zero-order chi connectivity index (χ0) is 13.8. The molecule has 0 bridgehead atoms. The highest BCUT2D eigenvalue weighted by Gasteiger charge is 2.43. The largest absolute Gasteiger partial charge is 0.373 e. The molecule has 1 aliphatic heterocycles. The molecule has 1 saturated heterocycles. The van der Waals surface area contributed by atoms with Gasteiger partial charge in [-0.3, -0.25) is 9.88 Å². The minimum Gasteiger partial charge on any atom is -0.373 e. The van der Waals surface area contributed by atoms with Crippen molar-refractivity contribution in [3.63, 3.8) is 0 Å². The van der Waals surface area contributed by atoms with Crippen molar-refractivity contribution in [2.75, 3.05) is 19.8 Å². The third-order valence-corrected chi connectivity index (χ3v) is 4.17. The summed E-state index contributed by atoms with van der Waals surface area (Å²) in [7, 11) is 0. The molecule has 3 rings (SSSR count). The number of aromatic nitrogens is 1. The maximum atomic E-state index is 5.96. The second kappa shape index (κ2) is 6.48. The van der Waals surface area contributed by atoms with Crippen molar-refractivity contribution >= 4 is 0 Å². The van der Waals surface area contributed by atoms with Crippen molar-refractivity contribution in [3.8, 4) is 0 Å². The summed E-state index contributed by atoms with van der Waals surface area (Å²) in [5.41, 5.74) is 1.13. The van der Waals surface area contributed by atoms with Gasteiger partial charge in [-0.15, -0.1) is 6.58 Å². The molecule has 20 heavy (non-hydrogen) atoms. The molecule has 1 saturated carbocycles. The van der Waals surface area contributed by atoms with E-state index < -0.39 is 0 Å². The Bertz CT molecular complexity index is 437. The Morgan fingerprint density at radius 1 is 1.45 bits per heavy atom. The highest BCUT2D eigenvalue weighted by Crippen LogP contribution is 2.32. The zero-order valence-electron chi connectivity index (χ0n) is 11.8. The number of hydrogen-bond acceptors (Lipinski definition) is 4. The smallest absolute Gasteiger partial charge is 0.0992 e. The summed E-state index contributed by atoms with van der Waals surface area (Å²) in [6.45, 7) is 6.98. The Balaban J connectivity index is 1.64. The van der Waals surface area contributed by atoms with Gasteiger partial charge in [0.25, 0.3) is 0 Å². The minimum atomic E-state index is 0.201. The van der Waals surface area contributed by atoms with Crippen molar-refractivity contribution in [3.05, 3.63) is 42.7 Å². The number of rotatable bonds is 5. The van der Waals surface area contributed by atoms with Gasteiger partial charge < -0.3 is 9.47 Å². The van der Waals surface area contributed by atoms with Crippen LogP contribution in [-0.2, 0) is 16.0 Å². The van der Waals surface area contributed by atoms with Gasteiger partial charge in [-0.25, -0.2) is 0 Å². The van der Waals surface area contributed by atoms with Gasteiger partial charge in [0.05, 0.1) is 31.1 Å². The molecule has 1 aliphatic carbocycles. The first-order chi connectivity index (χ1) is 9.88. The van der Waals surface area contributed by atoms with Crippen LogP contribution in [0.2, 0.25) is 0 Å². The molecule has 2 aliphatic rings. The Kier molecular flexibility index (Phi) is 4.45. The van der Waals surface area contributed by atoms with Crippen LogP contribution in [0.15, 0.2) is 37.1 Å². The second-order valence-electron chi connectivity index (χ2n) is 5.43. The summed E-state index contributed by atoms with van der Waals surface area (Å²) in [5.74, 6) is 0. The topological polar surface area (TPSA) is 34.6 Å². The Morgan fingerprint density at radius 3 is 3.20 bits per heavy atom. The van der Waals surface area contributed by atoms with Gasteiger partial charge >= 0.3 is 0 Å². The lowest BCUT2D eigenvalue weighted by Gasteiger charge is -2.38. The number of fused-ring (bicyclic) bond motifs is 1. The van der Waals surface area contributed by atoms with Gasteiger partial charge in [-0.1, -0.05) is 12.1 Å². The molecule has 0 amide bonds. The van der Waals surface area contributed by atoms with E-state index in [4.69, 9.17) is 9.47 Å². The number of pyridine rings is 1. The predicted molar refractivity (Wildman–Crippen MR) is 77.3 cm³/mol. The van der Waals surface area contributed by atoms with Gasteiger partial charge in [-0.05, 0) is 25.0 Å². The van der Waals surface area contributed by atoms with Crippen LogP contribution >= 0.6 is 0 Å². The molecule has 1 aromatic rings. The Morgan fingerprint density at radius 2 is 2.40 bits per heavy atom. The van der Waals surface area contributed by atoms with Gasteiger partial charge in [-0.2, -0.15) is 0 Å². The fourth-order valence-electron chi connectivity index (χ4n) is 3.26. The molecule has 0 radical (unpaired) electrons. The molecule has 0 spiro atoms. The second-order valence-corrected chi connectivity index (χ2v) is 5.43. The molecule has 108 valence electrons. The predicted octanol–water partition coefficient (Wildman–Crippen LogP) is 2.02. The van der Waals surface area contributed by atoms with Gasteiger partial charge in [0.15, 0.2) is 0 Å². The van der Waals surface area contributed by atoms with Crippen molar-refractivity contribution in [2.45, 2.75) is 37.6 Å². The van der Waals surface area contributed by atoms with Crippen LogP contribution in [0.5, 0.6) is 0 Å². The maximum absolute atomic E-state index is 5.96. The first kappa shape index (κ1) is 13.7. The number of morpholine rings is 1. The monoisotopic (exact) mass is 274 g/mol. The third-order valence-electron chi connectivity index (χ3n) is 4.17. The van der Waals surface area contributed by atoms with E-state index in [-0.39, 0.29) is 12.2 Å². The summed E-state index contributed by atoms with van der Waals surface area (Å²) in [6, 6.07) is 6.55. The van der Waals surface area contributed by atoms with Gasteiger partial charge in [0, 0.05) is 25.3 Å². The van der Waals surface area contributed by atoms with Crippen molar-refractivity contribution in [2.24, 2.45) is 0 Å². The lowest BCUT2D eigenvalue weighted by molar-refractivity contribution is -0.111. The summed E-state index contributed by atoms with van der Waals surface area (Å²) in [6.07, 6.45) is 6.29. The van der Waals surface area contributed by atoms with Crippen molar-refractivity contribution < 1.29 is 9.47 Å². The van der Waals surface area contributed by atoms with Crippen LogP contribution < -0.4 is 0 Å². The Hall–Kier alpha value is -1.23. The fourth-order valence-corrected chi connectivity index (χ4v) is 3.26. The quantitative estimate of drug-likeness (QED) is 0.769. The lowest BCUT2D eigenvalue weighted by atomic mass is 10.1. The molecule has 4 heteroatoms. The van der Waals surface area contributed by atoms with Crippen LogP contribution in [0, 0.1) is 0 Å². The molecular formula is C16H22N2O2. The highest BCUT2D eigenvalue weighted by atomic mass is 16.5. The van der Waals surface area contributed by atoms with E-state index in [9.17, 15) is 0 Å². The van der Waals surface area contributed by atoms with E-state index in [0.717, 1.165) is 38.2 Å². The van der Waals surface area contributed by atoms with Crippen LogP contribution in [0.1, 0.15) is 18.5 Å². The first-order valence-electron chi connectivity index (χ1n) is 7.36. The highest BCUT2D eigenvalue weighted by molar-refractivity contribution is 5.05. The van der Waals surface area contributed by atoms with E-state index in [1.165, 1.54) is 0 Å². The van der Waals surface area contributed by atoms with E-state index in [1.54, 1.807) is 0 Å². The third kappa shape index (κ3) is 2.92. The molecular weight excluding hydrogens is 252 g/mol. The van der Waals surface area contributed by atoms with Crippen LogP contribution in [0.4, 0.5) is 0 Å². The average Bonchev–Trinajstić information content (AvgIpc) is 2.90. The first-order valence-corrected chi connectivity index (χ1v) is 7.36. The number of hydrogen-bond donors (Lipinski definition) is 0. The average molecular weight is 274 g/mol. The van der Waals surface area contributed by atoms with E-state index in [2.05, 4.69) is 22.5 Å². The van der Waals surface area contributed by atoms with Crippen LogP contribution in [0.3, 0.4) is 0 Å². The molecule has 2 heterocycles. The lowest BCUT2D eigenvalue weighted by Crippen LogP contribution is -2.51. The Labute approximate surface area is 120 Å². The summed E-state index contributed by atoms with van der Waals surface area (Å²) < 4.78 is 11.8. The summed E-state index contributed by atoms with van der Waals surface area (Å²) in [5, 5.41) is 0. The molecule has 0 aromatic carbocycles. The number of ether oxygens (including phenoxy) is 2. The minimum absolute atomic E-state index is 0.201. The normalized spacial score (nSPS) is 30.1. The molecule has 0 unspecified atom stereocenters. The van der Waals surface area contributed by atoms with E-state index in [0.29, 0.717) is 12.6 Å². The maximum Gasteiger partial charge on any atom is 0.0992 e. The summed E-state index contributed by atoms with van der Waals surface area (Å²) in [4.78, 5) is 6.92. The van der Waals surface area contributed by atoms with Crippen LogP contribution in [0.25, 0.3) is 0 Å². The van der Waals surface area contributed by atoms with Gasteiger partial charge in [0.2, 0.25) is 0 Å². The molecule has 1 aromatic heterocycles.